The van der Waals surface area contributed by atoms with E-state index in [2.05, 4.69) is 0 Å². The summed E-state index contributed by atoms with van der Waals surface area (Å²) in [6, 6.07) is 13.5. The Morgan fingerprint density at radius 1 is 0.429 bits per heavy atom. The van der Waals surface area contributed by atoms with Gasteiger partial charge in [0.2, 0.25) is 0 Å². The number of carbonyl (C=O) groups is 4. The lowest BCUT2D eigenvalue weighted by Gasteiger charge is -2.77. The molecule has 0 spiro atoms. The van der Waals surface area contributed by atoms with Crippen molar-refractivity contribution in [2.45, 2.75) is 27.7 Å². The van der Waals surface area contributed by atoms with Crippen LogP contribution in [-0.2, 0) is 0 Å². The largest absolute Gasteiger partial charge is 0.293 e. The minimum atomic E-state index is -1.29. The van der Waals surface area contributed by atoms with E-state index in [0.29, 0.717) is 22.3 Å². The summed E-state index contributed by atoms with van der Waals surface area (Å²) in [4.78, 5) is 54.8. The number of carbonyl (C=O) groups excluding carboxylic acids is 4. The minimum absolute atomic E-state index is 0.231. The van der Waals surface area contributed by atoms with Crippen LogP contribution >= 0.6 is 0 Å². The molecule has 3 aliphatic rings. The van der Waals surface area contributed by atoms with Gasteiger partial charge in [0, 0.05) is 22.3 Å². The predicted molar refractivity (Wildman–Crippen MR) is 103 cm³/mol. The van der Waals surface area contributed by atoms with Crippen molar-refractivity contribution in [1.29, 1.82) is 0 Å². The van der Waals surface area contributed by atoms with Gasteiger partial charge in [0.1, 0.15) is 0 Å². The molecule has 0 bridgehead atoms. The Morgan fingerprint density at radius 2 is 0.607 bits per heavy atom. The van der Waals surface area contributed by atoms with Crippen LogP contribution in [0.25, 0.3) is 0 Å². The van der Waals surface area contributed by atoms with E-state index >= 15 is 0 Å². The number of hydrogen-bond donors (Lipinski definition) is 0. The smallest absolute Gasteiger partial charge is 0.171 e. The number of hydrogen-bond acceptors (Lipinski definition) is 4. The molecule has 0 unspecified atom stereocenters. The molecule has 0 radical (unpaired) electrons. The summed E-state index contributed by atoms with van der Waals surface area (Å²) in [6.45, 7) is 6.79. The highest BCUT2D eigenvalue weighted by atomic mass is 16.2. The molecule has 0 saturated heterocycles. The molecular weight excluding hydrogens is 352 g/mol. The second-order valence-corrected chi connectivity index (χ2v) is 8.91. The van der Waals surface area contributed by atoms with Crippen LogP contribution in [0.15, 0.2) is 48.5 Å². The predicted octanol–water partition coefficient (Wildman–Crippen LogP) is 4.18. The Bertz CT molecular complexity index is 963. The molecule has 4 heteroatoms. The fourth-order valence-electron chi connectivity index (χ4n) is 6.59. The summed E-state index contributed by atoms with van der Waals surface area (Å²) >= 11 is 0. The first-order valence-electron chi connectivity index (χ1n) is 9.47. The van der Waals surface area contributed by atoms with E-state index in [9.17, 15) is 19.2 Å². The molecule has 1 saturated carbocycles. The van der Waals surface area contributed by atoms with Crippen LogP contribution in [0.1, 0.15) is 69.1 Å². The Morgan fingerprint density at radius 3 is 0.786 bits per heavy atom. The van der Waals surface area contributed by atoms with Gasteiger partial charge < -0.3 is 0 Å². The lowest BCUT2D eigenvalue weighted by Crippen LogP contribution is -2.86. The topological polar surface area (TPSA) is 68.3 Å². The zero-order valence-corrected chi connectivity index (χ0v) is 16.3. The Balaban J connectivity index is 1.90. The van der Waals surface area contributed by atoms with Crippen LogP contribution in [0, 0.1) is 21.7 Å². The van der Waals surface area contributed by atoms with E-state index in [-0.39, 0.29) is 23.1 Å². The summed E-state index contributed by atoms with van der Waals surface area (Å²) < 4.78 is 0. The second-order valence-electron chi connectivity index (χ2n) is 8.91. The van der Waals surface area contributed by atoms with Gasteiger partial charge in [0.25, 0.3) is 0 Å². The second kappa shape index (κ2) is 4.57. The van der Waals surface area contributed by atoms with Crippen molar-refractivity contribution in [1.82, 2.24) is 0 Å². The first-order chi connectivity index (χ1) is 13.1. The molecular formula is C24H20O4. The number of rotatable bonds is 0. The molecule has 0 atom stereocenters. The highest BCUT2D eigenvalue weighted by Gasteiger charge is 2.91. The maximum atomic E-state index is 13.7. The van der Waals surface area contributed by atoms with Gasteiger partial charge in [-0.2, -0.15) is 0 Å². The van der Waals surface area contributed by atoms with E-state index in [1.807, 2.05) is 0 Å². The molecule has 0 aliphatic heterocycles. The molecule has 3 aliphatic carbocycles. The van der Waals surface area contributed by atoms with E-state index in [4.69, 9.17) is 0 Å². The molecule has 0 amide bonds. The molecule has 28 heavy (non-hydrogen) atoms. The molecule has 0 N–H and O–H groups in total. The van der Waals surface area contributed by atoms with Crippen molar-refractivity contribution >= 4 is 23.1 Å². The first-order valence-corrected chi connectivity index (χ1v) is 9.47. The normalized spacial score (nSPS) is 38.1. The third-order valence-electron chi connectivity index (χ3n) is 8.65. The molecule has 0 aromatic heterocycles. The van der Waals surface area contributed by atoms with Gasteiger partial charge in [0.15, 0.2) is 23.1 Å². The molecule has 1 fully saturated rings. The molecule has 5 rings (SSSR count). The number of Topliss-reactive ketones (excluding diaryl/α,β-unsaturated/α-hetero) is 4. The summed E-state index contributed by atoms with van der Waals surface area (Å²) in [7, 11) is 0. The van der Waals surface area contributed by atoms with Gasteiger partial charge in [-0.25, -0.2) is 0 Å². The van der Waals surface area contributed by atoms with Crippen molar-refractivity contribution < 1.29 is 19.2 Å². The van der Waals surface area contributed by atoms with E-state index < -0.39 is 21.7 Å². The molecule has 140 valence electrons. The van der Waals surface area contributed by atoms with Crippen molar-refractivity contribution in [2.75, 3.05) is 0 Å². The molecule has 2 aromatic rings. The van der Waals surface area contributed by atoms with Crippen LogP contribution in [0.2, 0.25) is 0 Å². The Hall–Kier alpha value is -2.88. The summed E-state index contributed by atoms with van der Waals surface area (Å²) in [5.74, 6) is -0.923. The summed E-state index contributed by atoms with van der Waals surface area (Å²) in [5, 5.41) is 0. The van der Waals surface area contributed by atoms with Gasteiger partial charge in [-0.3, -0.25) is 19.2 Å². The van der Waals surface area contributed by atoms with Gasteiger partial charge in [-0.05, 0) is 0 Å². The molecule has 0 heterocycles. The van der Waals surface area contributed by atoms with E-state index in [1.54, 1.807) is 76.2 Å². The third kappa shape index (κ3) is 1.25. The zero-order chi connectivity index (χ0) is 20.3. The van der Waals surface area contributed by atoms with Crippen molar-refractivity contribution in [3.63, 3.8) is 0 Å². The highest BCUT2D eigenvalue weighted by Crippen LogP contribution is 2.83. The number of ketones is 4. The molecule has 2 aromatic carbocycles. The maximum absolute atomic E-state index is 13.7. The minimum Gasteiger partial charge on any atom is -0.293 e. The average Bonchev–Trinajstić information content (AvgIpc) is 2.72. The first kappa shape index (κ1) is 17.2. The maximum Gasteiger partial charge on any atom is 0.171 e. The van der Waals surface area contributed by atoms with Crippen molar-refractivity contribution in [2.24, 2.45) is 21.7 Å². The van der Waals surface area contributed by atoms with Crippen LogP contribution in [0.3, 0.4) is 0 Å². The quantitative estimate of drug-likeness (QED) is 0.696. The number of benzene rings is 2. The van der Waals surface area contributed by atoms with Gasteiger partial charge >= 0.3 is 0 Å². The fourth-order valence-corrected chi connectivity index (χ4v) is 6.59. The van der Waals surface area contributed by atoms with Gasteiger partial charge in [-0.1, -0.05) is 76.2 Å². The fraction of sp³-hybridized carbons (Fsp3) is 0.333. The van der Waals surface area contributed by atoms with Crippen molar-refractivity contribution in [3.8, 4) is 0 Å². The lowest BCUT2D eigenvalue weighted by molar-refractivity contribution is -0.206. The van der Waals surface area contributed by atoms with Gasteiger partial charge in [-0.15, -0.1) is 0 Å². The van der Waals surface area contributed by atoms with Crippen LogP contribution in [0.5, 0.6) is 0 Å². The summed E-state index contributed by atoms with van der Waals surface area (Å²) in [5.41, 5.74) is -3.79. The SMILES string of the molecule is CC12C(=O)c3ccccc3C(=O)C1(C)C1(C)C(=O)c3ccccc3C(=O)C21C. The third-order valence-corrected chi connectivity index (χ3v) is 8.65. The van der Waals surface area contributed by atoms with Gasteiger partial charge in [0.05, 0.1) is 21.7 Å². The summed E-state index contributed by atoms with van der Waals surface area (Å²) in [6.07, 6.45) is 0. The highest BCUT2D eigenvalue weighted by molar-refractivity contribution is 6.31. The van der Waals surface area contributed by atoms with Crippen LogP contribution in [-0.4, -0.2) is 23.1 Å². The Kier molecular flexibility index (Phi) is 2.81. The average molecular weight is 372 g/mol. The monoisotopic (exact) mass is 372 g/mol. The van der Waals surface area contributed by atoms with E-state index in [1.165, 1.54) is 0 Å². The standard InChI is InChI=1S/C24H20O4/c1-21-17(25)13-9-5-6-10-14(13)18(26)22(21,2)24(4)20(28)16-12-8-7-11-15(16)19(27)23(21,24)3/h5-12H,1-4H3. The number of fused-ring (bicyclic) bond motifs is 6. The lowest BCUT2D eigenvalue weighted by atomic mass is 9.20. The van der Waals surface area contributed by atoms with Crippen molar-refractivity contribution in [3.05, 3.63) is 70.8 Å². The zero-order valence-electron chi connectivity index (χ0n) is 16.3. The van der Waals surface area contributed by atoms with Crippen LogP contribution in [0.4, 0.5) is 0 Å². The van der Waals surface area contributed by atoms with Crippen LogP contribution < -0.4 is 0 Å². The Labute approximate surface area is 162 Å². The molecule has 4 nitrogen and oxygen atoms in total. The van der Waals surface area contributed by atoms with E-state index in [0.717, 1.165) is 0 Å².